The van der Waals surface area contributed by atoms with Crippen LogP contribution in [-0.2, 0) is 21.1 Å². The molecule has 1 saturated heterocycles. The predicted octanol–water partition coefficient (Wildman–Crippen LogP) is 1.30. The predicted molar refractivity (Wildman–Crippen MR) is 88.8 cm³/mol. The zero-order valence-electron chi connectivity index (χ0n) is 12.4. The molecule has 1 fully saturated rings. The second kappa shape index (κ2) is 6.76. The minimum atomic E-state index is -3.02. The van der Waals surface area contributed by atoms with Crippen LogP contribution in [-0.4, -0.2) is 42.3 Å². The number of carbonyl (C=O) groups is 1. The molecule has 1 aliphatic rings. The lowest BCUT2D eigenvalue weighted by molar-refractivity contribution is -0.124. The largest absolute Gasteiger partial charge is 0.355 e. The third-order valence-electron chi connectivity index (χ3n) is 3.76. The number of rotatable bonds is 5. The van der Waals surface area contributed by atoms with Crippen LogP contribution in [0, 0.1) is 5.92 Å². The van der Waals surface area contributed by atoms with E-state index in [2.05, 4.69) is 15.3 Å². The fraction of sp³-hybridized carbons (Fsp3) is 0.400. The Bertz CT molecular complexity index is 787. The van der Waals surface area contributed by atoms with Crippen molar-refractivity contribution in [1.82, 2.24) is 15.3 Å². The SMILES string of the molecule is O=C(NCCc1csc(-c2ccncc2)n1)C1CCS(=O)(=O)C1. The smallest absolute Gasteiger partial charge is 0.224 e. The molecule has 0 spiro atoms. The Morgan fingerprint density at radius 2 is 2.13 bits per heavy atom. The number of pyridine rings is 1. The first-order valence-electron chi connectivity index (χ1n) is 7.36. The van der Waals surface area contributed by atoms with E-state index in [0.717, 1.165) is 16.3 Å². The Kier molecular flexibility index (Phi) is 4.72. The summed E-state index contributed by atoms with van der Waals surface area (Å²) in [7, 11) is -3.02. The first kappa shape index (κ1) is 16.1. The number of thiazole rings is 1. The third-order valence-corrected chi connectivity index (χ3v) is 6.47. The van der Waals surface area contributed by atoms with Crippen molar-refractivity contribution >= 4 is 27.1 Å². The molecule has 1 atom stereocenters. The topological polar surface area (TPSA) is 89.0 Å². The zero-order valence-corrected chi connectivity index (χ0v) is 14.1. The van der Waals surface area contributed by atoms with Gasteiger partial charge in [0.2, 0.25) is 5.91 Å². The molecule has 2 aromatic heterocycles. The summed E-state index contributed by atoms with van der Waals surface area (Å²) in [5.74, 6) is -0.479. The molecule has 0 bridgehead atoms. The van der Waals surface area contributed by atoms with E-state index >= 15 is 0 Å². The van der Waals surface area contributed by atoms with Gasteiger partial charge < -0.3 is 5.32 Å². The molecule has 0 aliphatic carbocycles. The number of nitrogens with one attached hydrogen (secondary N) is 1. The summed E-state index contributed by atoms with van der Waals surface area (Å²) in [6, 6.07) is 3.82. The first-order valence-corrected chi connectivity index (χ1v) is 10.1. The van der Waals surface area contributed by atoms with E-state index in [-0.39, 0.29) is 17.4 Å². The molecule has 1 amide bonds. The van der Waals surface area contributed by atoms with Gasteiger partial charge in [0.1, 0.15) is 5.01 Å². The van der Waals surface area contributed by atoms with E-state index in [1.54, 1.807) is 23.7 Å². The van der Waals surface area contributed by atoms with E-state index in [4.69, 9.17) is 0 Å². The minimum Gasteiger partial charge on any atom is -0.355 e. The van der Waals surface area contributed by atoms with Gasteiger partial charge in [0.25, 0.3) is 0 Å². The molecule has 1 unspecified atom stereocenters. The molecule has 0 aromatic carbocycles. The van der Waals surface area contributed by atoms with Gasteiger partial charge in [-0.05, 0) is 18.6 Å². The van der Waals surface area contributed by atoms with Crippen molar-refractivity contribution in [3.8, 4) is 10.6 Å². The van der Waals surface area contributed by atoms with E-state index in [0.29, 0.717) is 19.4 Å². The van der Waals surface area contributed by atoms with Gasteiger partial charge in [-0.1, -0.05) is 0 Å². The van der Waals surface area contributed by atoms with E-state index in [1.807, 2.05) is 17.5 Å². The quantitative estimate of drug-likeness (QED) is 0.877. The molecule has 23 heavy (non-hydrogen) atoms. The molecule has 8 heteroatoms. The Balaban J connectivity index is 1.50. The van der Waals surface area contributed by atoms with E-state index in [9.17, 15) is 13.2 Å². The van der Waals surface area contributed by atoms with Crippen molar-refractivity contribution in [2.75, 3.05) is 18.1 Å². The number of aromatic nitrogens is 2. The van der Waals surface area contributed by atoms with Crippen LogP contribution in [0.3, 0.4) is 0 Å². The van der Waals surface area contributed by atoms with Crippen LogP contribution in [0.15, 0.2) is 29.9 Å². The highest BCUT2D eigenvalue weighted by Gasteiger charge is 2.32. The van der Waals surface area contributed by atoms with Crippen LogP contribution < -0.4 is 5.32 Å². The highest BCUT2D eigenvalue weighted by Crippen LogP contribution is 2.23. The van der Waals surface area contributed by atoms with E-state index < -0.39 is 15.8 Å². The van der Waals surface area contributed by atoms with Gasteiger partial charge in [-0.2, -0.15) is 0 Å². The second-order valence-corrected chi connectivity index (χ2v) is 8.61. The Morgan fingerprint density at radius 3 is 2.83 bits per heavy atom. The van der Waals surface area contributed by atoms with Crippen molar-refractivity contribution in [2.45, 2.75) is 12.8 Å². The molecular formula is C15H17N3O3S2. The summed E-state index contributed by atoms with van der Waals surface area (Å²) in [5, 5.41) is 5.71. The molecular weight excluding hydrogens is 334 g/mol. The van der Waals surface area contributed by atoms with Gasteiger partial charge in [0.05, 0.1) is 23.1 Å². The van der Waals surface area contributed by atoms with Gasteiger partial charge in [0.15, 0.2) is 9.84 Å². The van der Waals surface area contributed by atoms with Crippen molar-refractivity contribution in [3.05, 3.63) is 35.6 Å². The van der Waals surface area contributed by atoms with Crippen LogP contribution in [0.4, 0.5) is 0 Å². The molecule has 0 radical (unpaired) electrons. The fourth-order valence-electron chi connectivity index (χ4n) is 2.51. The lowest BCUT2D eigenvalue weighted by Crippen LogP contribution is -2.32. The van der Waals surface area contributed by atoms with Gasteiger partial charge in [-0.15, -0.1) is 11.3 Å². The van der Waals surface area contributed by atoms with Gasteiger partial charge in [-0.25, -0.2) is 13.4 Å². The normalized spacial score (nSPS) is 19.6. The standard InChI is InChI=1S/C15H17N3O3S2/c19-14(12-4-8-23(20,21)10-12)17-7-3-13-9-22-15(18-13)11-1-5-16-6-2-11/h1-2,5-6,9,12H,3-4,7-8,10H2,(H,17,19). The lowest BCUT2D eigenvalue weighted by atomic mass is 10.1. The summed E-state index contributed by atoms with van der Waals surface area (Å²) < 4.78 is 22.8. The third kappa shape index (κ3) is 4.14. The maximum absolute atomic E-state index is 11.9. The maximum Gasteiger partial charge on any atom is 0.224 e. The average molecular weight is 351 g/mol. The highest BCUT2D eigenvalue weighted by atomic mass is 32.2. The Labute approximate surface area is 138 Å². The van der Waals surface area contributed by atoms with E-state index in [1.165, 1.54) is 0 Å². The Hall–Kier alpha value is -1.80. The van der Waals surface area contributed by atoms with Gasteiger partial charge in [-0.3, -0.25) is 9.78 Å². The van der Waals surface area contributed by atoms with Gasteiger partial charge >= 0.3 is 0 Å². The maximum atomic E-state index is 11.9. The highest BCUT2D eigenvalue weighted by molar-refractivity contribution is 7.91. The van der Waals surface area contributed by atoms with Crippen LogP contribution in [0.25, 0.3) is 10.6 Å². The summed E-state index contributed by atoms with van der Waals surface area (Å²) in [6.07, 6.45) is 4.52. The lowest BCUT2D eigenvalue weighted by Gasteiger charge is -2.08. The molecule has 0 saturated carbocycles. The molecule has 1 N–H and O–H groups in total. The van der Waals surface area contributed by atoms with Crippen molar-refractivity contribution in [1.29, 1.82) is 0 Å². The summed E-state index contributed by atoms with van der Waals surface area (Å²) in [6.45, 7) is 0.467. The van der Waals surface area contributed by atoms with Crippen molar-refractivity contribution < 1.29 is 13.2 Å². The van der Waals surface area contributed by atoms with Gasteiger partial charge in [0, 0.05) is 36.3 Å². The molecule has 1 aliphatic heterocycles. The molecule has 2 aromatic rings. The second-order valence-electron chi connectivity index (χ2n) is 5.52. The number of sulfone groups is 1. The number of hydrogen-bond donors (Lipinski definition) is 1. The summed E-state index contributed by atoms with van der Waals surface area (Å²) in [5.41, 5.74) is 1.94. The van der Waals surface area contributed by atoms with Crippen molar-refractivity contribution in [3.63, 3.8) is 0 Å². The number of nitrogens with zero attached hydrogens (tertiary/aromatic N) is 2. The minimum absolute atomic E-state index is 0.0261. The van der Waals surface area contributed by atoms with Crippen LogP contribution in [0.2, 0.25) is 0 Å². The molecule has 6 nitrogen and oxygen atoms in total. The zero-order chi connectivity index (χ0) is 16.3. The average Bonchev–Trinajstić information content (AvgIpc) is 3.14. The summed E-state index contributed by atoms with van der Waals surface area (Å²) in [4.78, 5) is 20.5. The van der Waals surface area contributed by atoms with Crippen LogP contribution >= 0.6 is 11.3 Å². The Morgan fingerprint density at radius 1 is 1.35 bits per heavy atom. The monoisotopic (exact) mass is 351 g/mol. The number of carbonyl (C=O) groups excluding carboxylic acids is 1. The molecule has 3 heterocycles. The summed E-state index contributed by atoms with van der Waals surface area (Å²) >= 11 is 1.56. The molecule has 122 valence electrons. The van der Waals surface area contributed by atoms with Crippen LogP contribution in [0.5, 0.6) is 0 Å². The first-order chi connectivity index (χ1) is 11.0. The van der Waals surface area contributed by atoms with Crippen LogP contribution in [0.1, 0.15) is 12.1 Å². The number of hydrogen-bond acceptors (Lipinski definition) is 6. The van der Waals surface area contributed by atoms with Crippen molar-refractivity contribution in [2.24, 2.45) is 5.92 Å². The molecule has 3 rings (SSSR count). The fourth-order valence-corrected chi connectivity index (χ4v) is 5.11. The number of amides is 1.